The van der Waals surface area contributed by atoms with Gasteiger partial charge in [0.15, 0.2) is 0 Å². The predicted molar refractivity (Wildman–Crippen MR) is 116 cm³/mol. The number of sulfonamides is 1. The van der Waals surface area contributed by atoms with E-state index in [2.05, 4.69) is 15.1 Å². The Bertz CT molecular complexity index is 1250. The lowest BCUT2D eigenvalue weighted by Gasteiger charge is -2.10. The number of aryl methyl sites for hydroxylation is 1. The number of hydrogen-bond acceptors (Lipinski definition) is 5. The second-order valence-corrected chi connectivity index (χ2v) is 9.05. The van der Waals surface area contributed by atoms with Crippen molar-refractivity contribution in [3.8, 4) is 0 Å². The molecule has 2 N–H and O–H groups in total. The minimum atomic E-state index is -3.74. The zero-order valence-corrected chi connectivity index (χ0v) is 17.6. The van der Waals surface area contributed by atoms with Crippen LogP contribution in [-0.4, -0.2) is 28.7 Å². The number of carbonyl (C=O) groups is 1. The molecule has 2 aromatic carbocycles. The van der Waals surface area contributed by atoms with Crippen LogP contribution in [0, 0.1) is 0 Å². The highest BCUT2D eigenvalue weighted by atomic mass is 32.2. The lowest BCUT2D eigenvalue weighted by molar-refractivity contribution is -0.117. The summed E-state index contributed by atoms with van der Waals surface area (Å²) in [5.74, 6) is 0.297. The van der Waals surface area contributed by atoms with Gasteiger partial charge in [0.1, 0.15) is 12.4 Å². The van der Waals surface area contributed by atoms with Gasteiger partial charge in [-0.15, -0.1) is 0 Å². The van der Waals surface area contributed by atoms with Crippen LogP contribution < -0.4 is 15.7 Å². The van der Waals surface area contributed by atoms with E-state index in [0.717, 1.165) is 25.7 Å². The van der Waals surface area contributed by atoms with Gasteiger partial charge in [-0.3, -0.25) is 14.1 Å². The molecule has 0 spiro atoms. The van der Waals surface area contributed by atoms with Gasteiger partial charge in [0.05, 0.1) is 10.6 Å². The molecule has 162 valence electrons. The number of fused-ring (bicyclic) bond motifs is 1. The van der Waals surface area contributed by atoms with Crippen LogP contribution in [0.2, 0.25) is 0 Å². The summed E-state index contributed by atoms with van der Waals surface area (Å²) < 4.78 is 30.3. The van der Waals surface area contributed by atoms with Gasteiger partial charge in [0, 0.05) is 18.7 Å². The average molecular weight is 442 g/mol. The van der Waals surface area contributed by atoms with Crippen molar-refractivity contribution in [2.45, 2.75) is 43.7 Å². The van der Waals surface area contributed by atoms with Crippen LogP contribution >= 0.6 is 0 Å². The monoisotopic (exact) mass is 441 g/mol. The molecule has 0 bridgehead atoms. The van der Waals surface area contributed by atoms with Crippen molar-refractivity contribution >= 4 is 27.3 Å². The third kappa shape index (κ3) is 4.85. The summed E-state index contributed by atoms with van der Waals surface area (Å²) >= 11 is 0. The summed E-state index contributed by atoms with van der Waals surface area (Å²) in [7, 11) is -3.74. The molecule has 0 atom stereocenters. The lowest BCUT2D eigenvalue weighted by Crippen LogP contribution is -2.30. The van der Waals surface area contributed by atoms with Gasteiger partial charge < -0.3 is 5.32 Å². The van der Waals surface area contributed by atoms with Gasteiger partial charge in [0.2, 0.25) is 5.91 Å². The summed E-state index contributed by atoms with van der Waals surface area (Å²) in [6.07, 6.45) is 3.70. The zero-order valence-electron chi connectivity index (χ0n) is 16.8. The minimum absolute atomic E-state index is 0.142. The maximum atomic E-state index is 12.5. The van der Waals surface area contributed by atoms with E-state index in [9.17, 15) is 18.0 Å². The van der Waals surface area contributed by atoms with Gasteiger partial charge in [0.25, 0.3) is 10.0 Å². The fourth-order valence-electron chi connectivity index (χ4n) is 3.54. The first-order valence-electron chi connectivity index (χ1n) is 10.1. The van der Waals surface area contributed by atoms with E-state index in [-0.39, 0.29) is 17.1 Å². The second kappa shape index (κ2) is 8.76. The van der Waals surface area contributed by atoms with Crippen molar-refractivity contribution in [3.63, 3.8) is 0 Å². The topological polar surface area (TPSA) is 115 Å². The number of benzene rings is 2. The van der Waals surface area contributed by atoms with Crippen molar-refractivity contribution in [2.75, 3.05) is 10.0 Å². The molecule has 1 amide bonds. The maximum Gasteiger partial charge on any atom is 0.346 e. The van der Waals surface area contributed by atoms with Crippen LogP contribution in [0.5, 0.6) is 0 Å². The average Bonchev–Trinajstić information content (AvgIpc) is 2.90. The zero-order chi connectivity index (χ0) is 21.8. The van der Waals surface area contributed by atoms with E-state index < -0.39 is 15.9 Å². The Morgan fingerprint density at radius 2 is 1.77 bits per heavy atom. The van der Waals surface area contributed by atoms with Gasteiger partial charge >= 0.3 is 5.69 Å². The molecule has 3 aromatic rings. The molecular weight excluding hydrogens is 418 g/mol. The molecule has 2 heterocycles. The van der Waals surface area contributed by atoms with Crippen LogP contribution in [0.15, 0.2) is 64.3 Å². The number of nitrogens with zero attached hydrogens (tertiary/aromatic N) is 3. The number of anilines is 2. The fraction of sp³-hybridized carbons (Fsp3) is 0.286. The van der Waals surface area contributed by atoms with Crippen molar-refractivity contribution in [2.24, 2.45) is 0 Å². The van der Waals surface area contributed by atoms with Gasteiger partial charge in [-0.1, -0.05) is 30.7 Å². The van der Waals surface area contributed by atoms with Crippen LogP contribution in [0.25, 0.3) is 0 Å². The highest BCUT2D eigenvalue weighted by Gasteiger charge is 2.18. The molecule has 0 radical (unpaired) electrons. The molecule has 0 saturated carbocycles. The molecule has 1 aromatic heterocycles. The smallest absolute Gasteiger partial charge is 0.324 e. The number of amides is 1. The fourth-order valence-corrected chi connectivity index (χ4v) is 4.61. The third-order valence-corrected chi connectivity index (χ3v) is 6.42. The SMILES string of the molecule is O=C(Cn1nc2n(c1=O)CCCCC2)Nc1cccc(NS(=O)(=O)c2ccccc2)c1. The van der Waals surface area contributed by atoms with E-state index in [1.807, 2.05) is 0 Å². The third-order valence-electron chi connectivity index (χ3n) is 5.03. The standard InChI is InChI=1S/C21H23N5O4S/c27-20(15-26-21(28)25-13-6-2-5-12-19(25)23-26)22-16-8-7-9-17(14-16)24-31(29,30)18-10-3-1-4-11-18/h1,3-4,7-11,14,24H,2,5-6,12-13,15H2,(H,22,27). The summed E-state index contributed by atoms with van der Waals surface area (Å²) in [6.45, 7) is 0.415. The molecular formula is C21H23N5O4S. The molecule has 31 heavy (non-hydrogen) atoms. The van der Waals surface area contributed by atoms with Crippen LogP contribution in [0.3, 0.4) is 0 Å². The summed E-state index contributed by atoms with van der Waals surface area (Å²) in [5, 5.41) is 7.00. The Hall–Kier alpha value is -3.40. The minimum Gasteiger partial charge on any atom is -0.324 e. The first-order valence-corrected chi connectivity index (χ1v) is 11.5. The van der Waals surface area contributed by atoms with E-state index in [1.54, 1.807) is 41.0 Å². The Kier molecular flexibility index (Phi) is 5.90. The Morgan fingerprint density at radius 3 is 2.58 bits per heavy atom. The van der Waals surface area contributed by atoms with Crippen molar-refractivity contribution in [3.05, 3.63) is 70.9 Å². The molecule has 1 aliphatic heterocycles. The van der Waals surface area contributed by atoms with Crippen molar-refractivity contribution < 1.29 is 13.2 Å². The normalized spacial score (nSPS) is 13.8. The number of carbonyl (C=O) groups excluding carboxylic acids is 1. The first kappa shape index (κ1) is 20.9. The molecule has 9 nitrogen and oxygen atoms in total. The molecule has 10 heteroatoms. The van der Waals surface area contributed by atoms with Gasteiger partial charge in [-0.05, 0) is 43.2 Å². The Labute approximate surface area is 179 Å². The number of aromatic nitrogens is 3. The quantitative estimate of drug-likeness (QED) is 0.609. The summed E-state index contributed by atoms with van der Waals surface area (Å²) in [5.41, 5.74) is 0.441. The predicted octanol–water partition coefficient (Wildman–Crippen LogP) is 2.21. The molecule has 0 saturated heterocycles. The van der Waals surface area contributed by atoms with Crippen LogP contribution in [0.4, 0.5) is 11.4 Å². The van der Waals surface area contributed by atoms with Crippen molar-refractivity contribution in [1.29, 1.82) is 0 Å². The molecule has 4 rings (SSSR count). The number of nitrogens with one attached hydrogen (secondary N) is 2. The lowest BCUT2D eigenvalue weighted by atomic mass is 10.2. The van der Waals surface area contributed by atoms with Crippen LogP contribution in [-0.2, 0) is 34.3 Å². The van der Waals surface area contributed by atoms with Crippen LogP contribution in [0.1, 0.15) is 25.1 Å². The largest absolute Gasteiger partial charge is 0.346 e. The highest BCUT2D eigenvalue weighted by molar-refractivity contribution is 7.92. The van der Waals surface area contributed by atoms with E-state index in [1.165, 1.54) is 22.9 Å². The molecule has 0 aliphatic carbocycles. The maximum absolute atomic E-state index is 12.5. The Balaban J connectivity index is 1.45. The molecule has 0 fully saturated rings. The second-order valence-electron chi connectivity index (χ2n) is 7.37. The summed E-state index contributed by atoms with van der Waals surface area (Å²) in [4.78, 5) is 25.1. The summed E-state index contributed by atoms with van der Waals surface area (Å²) in [6, 6.07) is 14.4. The highest BCUT2D eigenvalue weighted by Crippen LogP contribution is 2.19. The van der Waals surface area contributed by atoms with E-state index in [4.69, 9.17) is 0 Å². The number of rotatable bonds is 6. The molecule has 0 unspecified atom stereocenters. The first-order chi connectivity index (χ1) is 14.9. The van der Waals surface area contributed by atoms with E-state index >= 15 is 0 Å². The van der Waals surface area contributed by atoms with Gasteiger partial charge in [-0.25, -0.2) is 17.9 Å². The number of hydrogen-bond donors (Lipinski definition) is 2. The molecule has 1 aliphatic rings. The Morgan fingerprint density at radius 1 is 1.00 bits per heavy atom. The van der Waals surface area contributed by atoms with Gasteiger partial charge in [-0.2, -0.15) is 5.10 Å². The van der Waals surface area contributed by atoms with E-state index in [0.29, 0.717) is 23.7 Å². The van der Waals surface area contributed by atoms with Crippen molar-refractivity contribution in [1.82, 2.24) is 14.3 Å².